The number of halogens is 1. The van der Waals surface area contributed by atoms with Gasteiger partial charge < -0.3 is 15.5 Å². The van der Waals surface area contributed by atoms with Gasteiger partial charge in [-0.25, -0.2) is 9.98 Å². The van der Waals surface area contributed by atoms with Crippen molar-refractivity contribution in [3.63, 3.8) is 0 Å². The van der Waals surface area contributed by atoms with Crippen LogP contribution in [0.5, 0.6) is 0 Å². The molecule has 1 aromatic rings. The van der Waals surface area contributed by atoms with Gasteiger partial charge in [0, 0.05) is 26.7 Å². The molecule has 2 atom stereocenters. The van der Waals surface area contributed by atoms with E-state index in [1.165, 1.54) is 19.3 Å². The van der Waals surface area contributed by atoms with Crippen molar-refractivity contribution < 1.29 is 0 Å². The van der Waals surface area contributed by atoms with E-state index in [-0.39, 0.29) is 24.0 Å². The van der Waals surface area contributed by atoms with Crippen molar-refractivity contribution in [3.05, 3.63) is 23.9 Å². The Balaban J connectivity index is 0.00000312. The topological polar surface area (TPSA) is 52.6 Å². The van der Waals surface area contributed by atoms with Gasteiger partial charge in [-0.1, -0.05) is 19.9 Å². The predicted octanol–water partition coefficient (Wildman–Crippen LogP) is 3.65. The molecule has 0 bridgehead atoms. The Hall–Kier alpha value is -1.05. The number of aromatic nitrogens is 1. The van der Waals surface area contributed by atoms with Crippen molar-refractivity contribution in [2.75, 3.05) is 25.5 Å². The number of nitrogens with one attached hydrogen (secondary N) is 2. The molecule has 1 aromatic heterocycles. The van der Waals surface area contributed by atoms with Crippen LogP contribution in [-0.4, -0.2) is 37.6 Å². The van der Waals surface area contributed by atoms with Crippen LogP contribution in [0.2, 0.25) is 0 Å². The Morgan fingerprint density at radius 2 is 1.88 bits per heavy atom. The normalized spacial score (nSPS) is 23.6. The quantitative estimate of drug-likeness (QED) is 0.401. The Bertz CT molecular complexity index is 536. The van der Waals surface area contributed by atoms with Gasteiger partial charge in [0.15, 0.2) is 5.96 Å². The summed E-state index contributed by atoms with van der Waals surface area (Å²) in [5.74, 6) is 3.44. The molecule has 1 fully saturated rings. The van der Waals surface area contributed by atoms with Gasteiger partial charge in [0.1, 0.15) is 5.82 Å². The first kappa shape index (κ1) is 22.0. The van der Waals surface area contributed by atoms with Crippen LogP contribution in [0.3, 0.4) is 0 Å². The molecule has 2 N–H and O–H groups in total. The summed E-state index contributed by atoms with van der Waals surface area (Å²) in [4.78, 5) is 11.4. The number of hydrogen-bond donors (Lipinski definition) is 2. The molecular weight excluding hydrogens is 425 g/mol. The van der Waals surface area contributed by atoms with E-state index in [0.717, 1.165) is 35.9 Å². The lowest BCUT2D eigenvalue weighted by atomic mass is 9.80. The standard InChI is InChI=1S/C19H33N5.HI/c1-6-20-19(23-17-11-14(2)10-15(3)12-17)21-13-16-8-7-9-18(22-16)24(4)5;/h7-9,14-15,17H,6,10-13H2,1-5H3,(H2,20,21,23);1H. The second-order valence-electron chi connectivity index (χ2n) is 7.34. The second kappa shape index (κ2) is 10.8. The lowest BCUT2D eigenvalue weighted by molar-refractivity contribution is 0.255. The summed E-state index contributed by atoms with van der Waals surface area (Å²) >= 11 is 0. The molecule has 0 radical (unpaired) electrons. The lowest BCUT2D eigenvalue weighted by Gasteiger charge is -2.32. The largest absolute Gasteiger partial charge is 0.363 e. The van der Waals surface area contributed by atoms with Crippen LogP contribution < -0.4 is 15.5 Å². The highest BCUT2D eigenvalue weighted by Gasteiger charge is 2.24. The summed E-state index contributed by atoms with van der Waals surface area (Å²) in [5.41, 5.74) is 0.990. The Morgan fingerprint density at radius 1 is 1.20 bits per heavy atom. The third kappa shape index (κ3) is 7.38. The van der Waals surface area contributed by atoms with Gasteiger partial charge in [0.05, 0.1) is 12.2 Å². The summed E-state index contributed by atoms with van der Waals surface area (Å²) in [7, 11) is 4.01. The number of nitrogens with zero attached hydrogens (tertiary/aromatic N) is 3. The summed E-state index contributed by atoms with van der Waals surface area (Å²) in [6.45, 7) is 8.27. The molecule has 0 aromatic carbocycles. The van der Waals surface area contributed by atoms with Crippen LogP contribution in [0.1, 0.15) is 45.7 Å². The molecule has 0 amide bonds. The van der Waals surface area contributed by atoms with Crippen LogP contribution in [-0.2, 0) is 6.54 Å². The van der Waals surface area contributed by atoms with Crippen molar-refractivity contribution in [2.45, 2.75) is 52.6 Å². The Labute approximate surface area is 170 Å². The maximum absolute atomic E-state index is 4.74. The zero-order valence-electron chi connectivity index (χ0n) is 16.2. The first-order chi connectivity index (χ1) is 11.5. The fourth-order valence-electron chi connectivity index (χ4n) is 3.54. The summed E-state index contributed by atoms with van der Waals surface area (Å²) in [5, 5.41) is 6.99. The van der Waals surface area contributed by atoms with E-state index in [2.05, 4.69) is 36.4 Å². The highest BCUT2D eigenvalue weighted by atomic mass is 127. The molecule has 0 aliphatic heterocycles. The van der Waals surface area contributed by atoms with E-state index >= 15 is 0 Å². The van der Waals surface area contributed by atoms with E-state index in [1.54, 1.807) is 0 Å². The Kier molecular flexibility index (Phi) is 9.53. The maximum Gasteiger partial charge on any atom is 0.191 e. The van der Waals surface area contributed by atoms with Crippen LogP contribution >= 0.6 is 24.0 Å². The van der Waals surface area contributed by atoms with Crippen molar-refractivity contribution >= 4 is 35.8 Å². The highest BCUT2D eigenvalue weighted by molar-refractivity contribution is 14.0. The summed E-state index contributed by atoms with van der Waals surface area (Å²) in [6, 6.07) is 6.60. The maximum atomic E-state index is 4.74. The van der Waals surface area contributed by atoms with Gasteiger partial charge in [-0.05, 0) is 50.2 Å². The number of hydrogen-bond acceptors (Lipinski definition) is 3. The molecule has 1 aliphatic carbocycles. The molecule has 142 valence electrons. The zero-order chi connectivity index (χ0) is 17.5. The third-order valence-corrected chi connectivity index (χ3v) is 4.51. The van der Waals surface area contributed by atoms with Gasteiger partial charge in [-0.15, -0.1) is 24.0 Å². The number of pyridine rings is 1. The van der Waals surface area contributed by atoms with Crippen molar-refractivity contribution in [1.82, 2.24) is 15.6 Å². The second-order valence-corrected chi connectivity index (χ2v) is 7.34. The minimum absolute atomic E-state index is 0. The predicted molar refractivity (Wildman–Crippen MR) is 118 cm³/mol. The van der Waals surface area contributed by atoms with Crippen LogP contribution in [0.25, 0.3) is 0 Å². The molecule has 6 heteroatoms. The van der Waals surface area contributed by atoms with Crippen molar-refractivity contribution in [2.24, 2.45) is 16.8 Å². The van der Waals surface area contributed by atoms with Gasteiger partial charge >= 0.3 is 0 Å². The SMILES string of the molecule is CCNC(=NCc1cccc(N(C)C)n1)NC1CC(C)CC(C)C1.I. The van der Waals surface area contributed by atoms with Crippen LogP contribution in [0, 0.1) is 11.8 Å². The molecule has 0 spiro atoms. The molecular formula is C19H34IN5. The molecule has 2 rings (SSSR count). The average Bonchev–Trinajstić information content (AvgIpc) is 2.52. The van der Waals surface area contributed by atoms with Crippen molar-refractivity contribution in [1.29, 1.82) is 0 Å². The minimum atomic E-state index is 0. The fourth-order valence-corrected chi connectivity index (χ4v) is 3.54. The van der Waals surface area contributed by atoms with E-state index < -0.39 is 0 Å². The van der Waals surface area contributed by atoms with Gasteiger partial charge in [0.25, 0.3) is 0 Å². The first-order valence-corrected chi connectivity index (χ1v) is 9.16. The molecule has 5 nitrogen and oxygen atoms in total. The monoisotopic (exact) mass is 459 g/mol. The molecule has 1 aliphatic rings. The molecule has 2 unspecified atom stereocenters. The fraction of sp³-hybridized carbons (Fsp3) is 0.684. The smallest absolute Gasteiger partial charge is 0.191 e. The number of rotatable bonds is 5. The van der Waals surface area contributed by atoms with E-state index in [0.29, 0.717) is 12.6 Å². The van der Waals surface area contributed by atoms with Gasteiger partial charge in [-0.3, -0.25) is 0 Å². The number of anilines is 1. The van der Waals surface area contributed by atoms with Gasteiger partial charge in [0.2, 0.25) is 0 Å². The minimum Gasteiger partial charge on any atom is -0.363 e. The summed E-state index contributed by atoms with van der Waals surface area (Å²) in [6.07, 6.45) is 3.79. The molecule has 0 saturated heterocycles. The van der Waals surface area contributed by atoms with E-state index in [4.69, 9.17) is 4.99 Å². The van der Waals surface area contributed by atoms with Crippen molar-refractivity contribution in [3.8, 4) is 0 Å². The van der Waals surface area contributed by atoms with E-state index in [1.807, 2.05) is 37.2 Å². The lowest BCUT2D eigenvalue weighted by Crippen LogP contribution is -2.46. The van der Waals surface area contributed by atoms with Crippen LogP contribution in [0.4, 0.5) is 5.82 Å². The molecule has 25 heavy (non-hydrogen) atoms. The first-order valence-electron chi connectivity index (χ1n) is 9.16. The summed E-state index contributed by atoms with van der Waals surface area (Å²) < 4.78 is 0. The zero-order valence-corrected chi connectivity index (χ0v) is 18.6. The number of aliphatic imine (C=N–C) groups is 1. The Morgan fingerprint density at radius 3 is 2.48 bits per heavy atom. The van der Waals surface area contributed by atoms with Gasteiger partial charge in [-0.2, -0.15) is 0 Å². The van der Waals surface area contributed by atoms with Crippen LogP contribution in [0.15, 0.2) is 23.2 Å². The third-order valence-electron chi connectivity index (χ3n) is 4.51. The average molecular weight is 459 g/mol. The van der Waals surface area contributed by atoms with E-state index in [9.17, 15) is 0 Å². The number of guanidine groups is 1. The molecule has 1 heterocycles. The highest BCUT2D eigenvalue weighted by Crippen LogP contribution is 2.28. The molecule has 1 saturated carbocycles.